The van der Waals surface area contributed by atoms with Gasteiger partial charge in [0, 0.05) is 24.0 Å². The molecule has 1 saturated heterocycles. The van der Waals surface area contributed by atoms with E-state index in [1.807, 2.05) is 12.1 Å². The summed E-state index contributed by atoms with van der Waals surface area (Å²) in [7, 11) is 0. The lowest BCUT2D eigenvalue weighted by molar-refractivity contribution is 0.348. The number of piperidine rings is 1. The summed E-state index contributed by atoms with van der Waals surface area (Å²) >= 11 is 14.2. The molecule has 1 aromatic carbocycles. The number of aryl methyl sites for hydroxylation is 1. The van der Waals surface area contributed by atoms with Crippen molar-refractivity contribution in [3.05, 3.63) is 38.8 Å². The molecule has 140 valence electrons. The third-order valence-electron chi connectivity index (χ3n) is 5.54. The molecule has 7 heteroatoms. The number of fused-ring (bicyclic) bond motifs is 1. The summed E-state index contributed by atoms with van der Waals surface area (Å²) in [5, 5.41) is 5.81. The number of thiazole rings is 1. The van der Waals surface area contributed by atoms with Gasteiger partial charge in [-0.3, -0.25) is 0 Å². The Hall–Kier alpha value is -1.01. The van der Waals surface area contributed by atoms with Crippen LogP contribution >= 0.6 is 34.5 Å². The van der Waals surface area contributed by atoms with Gasteiger partial charge in [0.05, 0.1) is 21.4 Å². The van der Waals surface area contributed by atoms with Crippen LogP contribution in [0.25, 0.3) is 0 Å². The first kappa shape index (κ1) is 18.4. The number of nitrogens with two attached hydrogens (primary N) is 1. The maximum atomic E-state index is 6.37. The molecule has 3 N–H and O–H groups in total. The van der Waals surface area contributed by atoms with E-state index < -0.39 is 0 Å². The smallest absolute Gasteiger partial charge is 0.180 e. The lowest BCUT2D eigenvalue weighted by Crippen LogP contribution is -2.41. The molecule has 0 radical (unpaired) electrons. The average molecular weight is 411 g/mol. The summed E-state index contributed by atoms with van der Waals surface area (Å²) in [6.45, 7) is 3.16. The number of halogens is 2. The van der Waals surface area contributed by atoms with E-state index in [1.165, 1.54) is 23.4 Å². The van der Waals surface area contributed by atoms with Gasteiger partial charge in [-0.05, 0) is 56.7 Å². The van der Waals surface area contributed by atoms with Crippen molar-refractivity contribution in [3.63, 3.8) is 0 Å². The predicted octanol–water partition coefficient (Wildman–Crippen LogP) is 4.40. The van der Waals surface area contributed by atoms with Gasteiger partial charge in [-0.25, -0.2) is 4.98 Å². The molecule has 1 aromatic heterocycles. The molecule has 0 amide bonds. The summed E-state index contributed by atoms with van der Waals surface area (Å²) < 4.78 is 0. The summed E-state index contributed by atoms with van der Waals surface area (Å²) in [5.74, 6) is 0.720. The van der Waals surface area contributed by atoms with E-state index in [2.05, 4.69) is 21.3 Å². The van der Waals surface area contributed by atoms with Crippen molar-refractivity contribution in [3.8, 4) is 0 Å². The highest BCUT2D eigenvalue weighted by atomic mass is 35.5. The molecule has 0 bridgehead atoms. The van der Waals surface area contributed by atoms with Gasteiger partial charge in [0.25, 0.3) is 0 Å². The van der Waals surface area contributed by atoms with E-state index in [4.69, 9.17) is 28.9 Å². The topological polar surface area (TPSA) is 54.2 Å². The maximum absolute atomic E-state index is 6.37. The lowest BCUT2D eigenvalue weighted by atomic mass is 9.93. The van der Waals surface area contributed by atoms with Crippen molar-refractivity contribution in [1.82, 2.24) is 10.3 Å². The Morgan fingerprint density at radius 1 is 1.23 bits per heavy atom. The normalized spacial score (nSPS) is 21.0. The molecule has 1 aliphatic heterocycles. The van der Waals surface area contributed by atoms with Crippen molar-refractivity contribution >= 4 is 45.4 Å². The van der Waals surface area contributed by atoms with Crippen molar-refractivity contribution < 1.29 is 0 Å². The molecule has 0 unspecified atom stereocenters. The molecule has 1 atom stereocenters. The van der Waals surface area contributed by atoms with Crippen molar-refractivity contribution in [2.75, 3.05) is 30.3 Å². The van der Waals surface area contributed by atoms with Crippen LogP contribution in [-0.2, 0) is 12.8 Å². The van der Waals surface area contributed by atoms with Crippen LogP contribution in [0.1, 0.15) is 29.8 Å². The molecule has 1 fully saturated rings. The monoisotopic (exact) mass is 410 g/mol. The van der Waals surface area contributed by atoms with Crippen LogP contribution in [0.3, 0.4) is 0 Å². The van der Waals surface area contributed by atoms with Gasteiger partial charge >= 0.3 is 0 Å². The number of benzene rings is 1. The maximum Gasteiger partial charge on any atom is 0.180 e. The second kappa shape index (κ2) is 7.93. The van der Waals surface area contributed by atoms with E-state index in [0.29, 0.717) is 21.2 Å². The Morgan fingerprint density at radius 3 is 2.85 bits per heavy atom. The molecule has 4 nitrogen and oxygen atoms in total. The first-order valence-electron chi connectivity index (χ1n) is 9.26. The number of hydrogen-bond donors (Lipinski definition) is 2. The average Bonchev–Trinajstić information content (AvgIpc) is 3.02. The minimum absolute atomic E-state index is 0.558. The molecule has 2 heterocycles. The van der Waals surface area contributed by atoms with Crippen LogP contribution in [0.15, 0.2) is 18.2 Å². The first-order chi connectivity index (χ1) is 12.6. The van der Waals surface area contributed by atoms with Gasteiger partial charge in [-0.1, -0.05) is 29.3 Å². The first-order valence-corrected chi connectivity index (χ1v) is 10.8. The van der Waals surface area contributed by atoms with E-state index in [0.717, 1.165) is 50.5 Å². The zero-order valence-corrected chi connectivity index (χ0v) is 17.0. The van der Waals surface area contributed by atoms with Crippen LogP contribution in [0, 0.1) is 5.92 Å². The fourth-order valence-electron chi connectivity index (χ4n) is 4.02. The SMILES string of the molecule is Nc1nc2c(s1)C[C@@H](NCC1CCN(c3cccc(Cl)c3Cl)CC1)CC2. The number of hydrogen-bond acceptors (Lipinski definition) is 5. The second-order valence-electron chi connectivity index (χ2n) is 7.27. The van der Waals surface area contributed by atoms with E-state index in [9.17, 15) is 0 Å². The summed E-state index contributed by atoms with van der Waals surface area (Å²) in [4.78, 5) is 8.16. The summed E-state index contributed by atoms with van der Waals surface area (Å²) in [6, 6.07) is 6.44. The Bertz CT molecular complexity index is 771. The quantitative estimate of drug-likeness (QED) is 0.783. The standard InChI is InChI=1S/C19H24Cl2N4S/c20-14-2-1-3-16(18(14)21)25-8-6-12(7-9-25)11-23-13-4-5-15-17(10-13)26-19(22)24-15/h1-3,12-13,23H,4-11H2,(H2,22,24)/t13-/m0/s1. The summed E-state index contributed by atoms with van der Waals surface area (Å²) in [6.07, 6.45) is 5.64. The molecule has 0 spiro atoms. The summed E-state index contributed by atoms with van der Waals surface area (Å²) in [5.41, 5.74) is 8.12. The van der Waals surface area contributed by atoms with Crippen molar-refractivity contribution in [2.45, 2.75) is 38.1 Å². The van der Waals surface area contributed by atoms with Crippen LogP contribution in [-0.4, -0.2) is 30.7 Å². The number of aromatic nitrogens is 1. The fraction of sp³-hybridized carbons (Fsp3) is 0.526. The number of nitrogens with one attached hydrogen (secondary N) is 1. The van der Waals surface area contributed by atoms with Gasteiger partial charge < -0.3 is 16.0 Å². The minimum Gasteiger partial charge on any atom is -0.375 e. The lowest BCUT2D eigenvalue weighted by Gasteiger charge is -2.35. The van der Waals surface area contributed by atoms with Crippen LogP contribution in [0.2, 0.25) is 10.0 Å². The minimum atomic E-state index is 0.558. The Kier molecular flexibility index (Phi) is 5.60. The molecule has 26 heavy (non-hydrogen) atoms. The molecule has 2 aromatic rings. The number of nitrogen functional groups attached to an aromatic ring is 1. The molecule has 2 aliphatic rings. The molecule has 4 rings (SSSR count). The Morgan fingerprint density at radius 2 is 2.04 bits per heavy atom. The predicted molar refractivity (Wildman–Crippen MR) is 112 cm³/mol. The van der Waals surface area contributed by atoms with E-state index in [1.54, 1.807) is 11.3 Å². The Balaban J connectivity index is 1.26. The molecular weight excluding hydrogens is 387 g/mol. The largest absolute Gasteiger partial charge is 0.375 e. The van der Waals surface area contributed by atoms with Crippen molar-refractivity contribution in [1.29, 1.82) is 0 Å². The van der Waals surface area contributed by atoms with Crippen LogP contribution in [0.4, 0.5) is 10.8 Å². The van der Waals surface area contributed by atoms with Gasteiger partial charge in [0.2, 0.25) is 0 Å². The number of anilines is 2. The molecule has 0 saturated carbocycles. The second-order valence-corrected chi connectivity index (χ2v) is 9.17. The van der Waals surface area contributed by atoms with Gasteiger partial charge in [-0.2, -0.15) is 0 Å². The third-order valence-corrected chi connectivity index (χ3v) is 7.30. The molecule has 1 aliphatic carbocycles. The third kappa shape index (κ3) is 3.96. The highest BCUT2D eigenvalue weighted by Crippen LogP contribution is 2.34. The molecular formula is C19H24Cl2N4S. The Labute approximate surface area is 168 Å². The zero-order valence-electron chi connectivity index (χ0n) is 14.7. The highest BCUT2D eigenvalue weighted by molar-refractivity contribution is 7.15. The van der Waals surface area contributed by atoms with E-state index in [-0.39, 0.29) is 0 Å². The van der Waals surface area contributed by atoms with Gasteiger partial charge in [0.1, 0.15) is 0 Å². The highest BCUT2D eigenvalue weighted by Gasteiger charge is 2.25. The van der Waals surface area contributed by atoms with Gasteiger partial charge in [0.15, 0.2) is 5.13 Å². The van der Waals surface area contributed by atoms with E-state index >= 15 is 0 Å². The van der Waals surface area contributed by atoms with Crippen LogP contribution in [0.5, 0.6) is 0 Å². The number of nitrogens with zero attached hydrogens (tertiary/aromatic N) is 2. The zero-order chi connectivity index (χ0) is 18.1. The van der Waals surface area contributed by atoms with Gasteiger partial charge in [-0.15, -0.1) is 11.3 Å². The number of rotatable bonds is 4. The van der Waals surface area contributed by atoms with Crippen LogP contribution < -0.4 is 16.0 Å². The fourth-order valence-corrected chi connectivity index (χ4v) is 5.39. The van der Waals surface area contributed by atoms with Crippen molar-refractivity contribution in [2.24, 2.45) is 5.92 Å².